The van der Waals surface area contributed by atoms with Gasteiger partial charge >= 0.3 is 0 Å². The van der Waals surface area contributed by atoms with Gasteiger partial charge in [0.05, 0.1) is 29.2 Å². The molecule has 2 unspecified atom stereocenters. The van der Waals surface area contributed by atoms with Crippen molar-refractivity contribution < 1.29 is 19.5 Å². The van der Waals surface area contributed by atoms with Gasteiger partial charge in [-0.1, -0.05) is 72.8 Å². The predicted molar refractivity (Wildman–Crippen MR) is 189 cm³/mol. The fraction of sp³-hybridized carbons (Fsp3) is 0.359. The molecule has 3 amide bonds. The van der Waals surface area contributed by atoms with Crippen molar-refractivity contribution in [2.45, 2.75) is 55.2 Å². The lowest BCUT2D eigenvalue weighted by molar-refractivity contribution is -0.141. The molecule has 244 valence electrons. The minimum atomic E-state index is -0.863. The van der Waals surface area contributed by atoms with Crippen LogP contribution in [0.2, 0.25) is 0 Å². The highest BCUT2D eigenvalue weighted by Gasteiger charge is 2.74. The number of aryl methyl sites for hydroxylation is 2. The molecule has 3 heterocycles. The summed E-state index contributed by atoms with van der Waals surface area (Å²) in [6.45, 7) is 12.1. The first kappa shape index (κ1) is 32.8. The fourth-order valence-corrected chi connectivity index (χ4v) is 10.2. The third-order valence-electron chi connectivity index (χ3n) is 10.1. The Balaban J connectivity index is 1.46. The molecule has 47 heavy (non-hydrogen) atoms. The standard InChI is InChI=1S/C39H43N3O4S/c1-5-21-40(29-15-11-8-12-16-29)36(44)33-32-19-20-39(47-32)34(33)37(45)42(30(25-43)24-28-13-9-7-10-14-28)35(39)38(46)41(22-6-2)31-23-26(3)17-18-27(31)4/h5-18,23,30,32-35,43H,1-2,19-22,24-25H2,3-4H3/t30-,32+,33-,34+,35?,39?/m1/s1. The summed E-state index contributed by atoms with van der Waals surface area (Å²) in [6.07, 6.45) is 5.17. The second-order valence-corrected chi connectivity index (χ2v) is 14.5. The zero-order valence-corrected chi connectivity index (χ0v) is 27.9. The molecule has 2 bridgehead atoms. The molecule has 8 heteroatoms. The summed E-state index contributed by atoms with van der Waals surface area (Å²) < 4.78 is -0.809. The van der Waals surface area contributed by atoms with Crippen LogP contribution in [0.4, 0.5) is 11.4 Å². The number of fused-ring (bicyclic) bond motifs is 1. The molecule has 0 radical (unpaired) electrons. The van der Waals surface area contributed by atoms with Crippen molar-refractivity contribution >= 4 is 40.9 Å². The second-order valence-electron chi connectivity index (χ2n) is 12.9. The molecule has 3 saturated heterocycles. The summed E-state index contributed by atoms with van der Waals surface area (Å²) in [5, 5.41) is 10.8. The van der Waals surface area contributed by atoms with E-state index >= 15 is 4.79 Å². The number of rotatable bonds is 12. The highest BCUT2D eigenvalue weighted by atomic mass is 32.2. The zero-order chi connectivity index (χ0) is 33.3. The van der Waals surface area contributed by atoms with Gasteiger partial charge in [0, 0.05) is 29.7 Å². The van der Waals surface area contributed by atoms with E-state index in [-0.39, 0.29) is 36.1 Å². The predicted octanol–water partition coefficient (Wildman–Crippen LogP) is 5.74. The average Bonchev–Trinajstić information content (AvgIpc) is 3.74. The number of carbonyl (C=O) groups excluding carboxylic acids is 3. The van der Waals surface area contributed by atoms with Gasteiger partial charge in [-0.05, 0) is 68.0 Å². The van der Waals surface area contributed by atoms with Crippen molar-refractivity contribution in [2.24, 2.45) is 11.8 Å². The Labute approximate surface area is 281 Å². The minimum absolute atomic E-state index is 0.0970. The van der Waals surface area contributed by atoms with Crippen molar-refractivity contribution in [3.8, 4) is 0 Å². The molecule has 0 aromatic heterocycles. The molecule has 0 saturated carbocycles. The van der Waals surface area contributed by atoms with Crippen molar-refractivity contribution in [3.63, 3.8) is 0 Å². The maximum absolute atomic E-state index is 15.2. The molecule has 1 spiro atoms. The summed E-state index contributed by atoms with van der Waals surface area (Å²) in [4.78, 5) is 49.9. The third-order valence-corrected chi connectivity index (χ3v) is 12.0. The first-order chi connectivity index (χ1) is 22.7. The second kappa shape index (κ2) is 13.5. The Morgan fingerprint density at radius 2 is 1.64 bits per heavy atom. The van der Waals surface area contributed by atoms with Gasteiger partial charge in [-0.3, -0.25) is 14.4 Å². The molecular weight excluding hydrogens is 607 g/mol. The van der Waals surface area contributed by atoms with E-state index in [4.69, 9.17) is 0 Å². The van der Waals surface area contributed by atoms with E-state index in [2.05, 4.69) is 13.2 Å². The van der Waals surface area contributed by atoms with Crippen LogP contribution in [0.25, 0.3) is 0 Å². The summed E-state index contributed by atoms with van der Waals surface area (Å²) in [7, 11) is 0. The Kier molecular flexibility index (Phi) is 9.44. The van der Waals surface area contributed by atoms with Crippen molar-refractivity contribution in [2.75, 3.05) is 29.5 Å². The number of likely N-dealkylation sites (tertiary alicyclic amines) is 1. The van der Waals surface area contributed by atoms with Gasteiger partial charge in [-0.25, -0.2) is 0 Å². The molecule has 3 aliphatic rings. The highest BCUT2D eigenvalue weighted by Crippen LogP contribution is 2.67. The number of para-hydroxylation sites is 1. The molecule has 0 aliphatic carbocycles. The Morgan fingerprint density at radius 1 is 0.979 bits per heavy atom. The maximum Gasteiger partial charge on any atom is 0.251 e. The topological polar surface area (TPSA) is 81.2 Å². The van der Waals surface area contributed by atoms with Crippen molar-refractivity contribution in [3.05, 3.63) is 121 Å². The lowest BCUT2D eigenvalue weighted by atomic mass is 9.70. The quantitative estimate of drug-likeness (QED) is 0.254. The lowest BCUT2D eigenvalue weighted by Crippen LogP contribution is -2.58. The van der Waals surface area contributed by atoms with Crippen LogP contribution in [0.5, 0.6) is 0 Å². The Morgan fingerprint density at radius 3 is 2.30 bits per heavy atom. The minimum Gasteiger partial charge on any atom is -0.394 e. The first-order valence-corrected chi connectivity index (χ1v) is 17.2. The summed E-state index contributed by atoms with van der Waals surface area (Å²) in [5.74, 6) is -1.85. The number of carbonyl (C=O) groups is 3. The van der Waals surface area contributed by atoms with Gasteiger partial charge < -0.3 is 19.8 Å². The van der Waals surface area contributed by atoms with Gasteiger partial charge in [-0.2, -0.15) is 0 Å². The van der Waals surface area contributed by atoms with Crippen LogP contribution in [0.1, 0.15) is 29.5 Å². The first-order valence-electron chi connectivity index (χ1n) is 16.4. The van der Waals surface area contributed by atoms with Gasteiger partial charge in [0.2, 0.25) is 11.8 Å². The molecule has 6 atom stereocenters. The smallest absolute Gasteiger partial charge is 0.251 e. The van der Waals surface area contributed by atoms with Gasteiger partial charge in [0.15, 0.2) is 0 Å². The van der Waals surface area contributed by atoms with Crippen LogP contribution in [-0.2, 0) is 20.8 Å². The highest BCUT2D eigenvalue weighted by molar-refractivity contribution is 8.02. The molecule has 3 aliphatic heterocycles. The van der Waals surface area contributed by atoms with Crippen LogP contribution in [0.3, 0.4) is 0 Å². The molecule has 6 rings (SSSR count). The van der Waals surface area contributed by atoms with E-state index < -0.39 is 28.7 Å². The maximum atomic E-state index is 15.2. The molecule has 3 fully saturated rings. The van der Waals surface area contributed by atoms with Crippen LogP contribution in [0.15, 0.2) is 104 Å². The summed E-state index contributed by atoms with van der Waals surface area (Å²) >= 11 is 1.64. The largest absolute Gasteiger partial charge is 0.394 e. The number of anilines is 2. The SMILES string of the molecule is C=CCN(C(=O)[C@@H]1[C@@H]2CCC3(S2)C(C(=O)N(CC=C)c2cc(C)ccc2C)N([C@@H](CO)Cc2ccccc2)C(=O)[C@H]13)c1ccccc1. The van der Waals surface area contributed by atoms with Crippen LogP contribution in [-0.4, -0.2) is 69.5 Å². The number of nitrogens with zero attached hydrogens (tertiary/aromatic N) is 3. The summed E-state index contributed by atoms with van der Waals surface area (Å²) in [5.41, 5.74) is 4.45. The van der Waals surface area contributed by atoms with E-state index in [1.807, 2.05) is 92.7 Å². The number of hydrogen-bond donors (Lipinski definition) is 1. The Hall–Kier alpha value is -4.14. The molecule has 1 N–H and O–H groups in total. The number of aliphatic hydroxyl groups is 1. The fourth-order valence-electron chi connectivity index (χ4n) is 8.02. The molecule has 3 aromatic rings. The normalized spacial score (nSPS) is 24.9. The molecular formula is C39H43N3O4S. The van der Waals surface area contributed by atoms with Crippen molar-refractivity contribution in [1.82, 2.24) is 4.90 Å². The number of hydrogen-bond acceptors (Lipinski definition) is 5. The third kappa shape index (κ3) is 5.72. The van der Waals surface area contributed by atoms with E-state index in [1.165, 1.54) is 0 Å². The molecule has 7 nitrogen and oxygen atoms in total. The van der Waals surface area contributed by atoms with E-state index in [9.17, 15) is 14.7 Å². The van der Waals surface area contributed by atoms with E-state index in [0.717, 1.165) is 34.5 Å². The van der Waals surface area contributed by atoms with E-state index in [1.54, 1.807) is 38.6 Å². The summed E-state index contributed by atoms with van der Waals surface area (Å²) in [6, 6.07) is 23.7. The Bertz CT molecular complexity index is 1660. The molecule has 3 aromatic carbocycles. The van der Waals surface area contributed by atoms with Crippen LogP contribution >= 0.6 is 11.8 Å². The number of aliphatic hydroxyl groups excluding tert-OH is 1. The monoisotopic (exact) mass is 649 g/mol. The lowest BCUT2D eigenvalue weighted by Gasteiger charge is -2.40. The van der Waals surface area contributed by atoms with Crippen LogP contribution in [0, 0.1) is 25.7 Å². The number of benzene rings is 3. The van der Waals surface area contributed by atoms with Crippen LogP contribution < -0.4 is 9.80 Å². The zero-order valence-electron chi connectivity index (χ0n) is 27.1. The van der Waals surface area contributed by atoms with E-state index in [0.29, 0.717) is 19.4 Å². The van der Waals surface area contributed by atoms with Gasteiger partial charge in [-0.15, -0.1) is 24.9 Å². The van der Waals surface area contributed by atoms with Crippen molar-refractivity contribution in [1.29, 1.82) is 0 Å². The number of thioether (sulfide) groups is 1. The average molecular weight is 650 g/mol. The number of amides is 3. The van der Waals surface area contributed by atoms with Gasteiger partial charge in [0.25, 0.3) is 5.91 Å². The van der Waals surface area contributed by atoms with Gasteiger partial charge in [0.1, 0.15) is 6.04 Å².